The molecule has 0 saturated heterocycles. The third kappa shape index (κ3) is 0.441. The Balaban J connectivity index is 1.94. The second-order valence-corrected chi connectivity index (χ2v) is 5.64. The molecule has 2 heteroatoms. The van der Waals surface area contributed by atoms with Crippen molar-refractivity contribution in [3.8, 4) is 0 Å². The summed E-state index contributed by atoms with van der Waals surface area (Å²) in [5, 5.41) is 19.7. The first-order valence-electron chi connectivity index (χ1n) is 5.20. The van der Waals surface area contributed by atoms with Gasteiger partial charge in [0.15, 0.2) is 0 Å². The van der Waals surface area contributed by atoms with Crippen LogP contribution in [-0.4, -0.2) is 22.4 Å². The molecule has 0 heterocycles. The van der Waals surface area contributed by atoms with Crippen LogP contribution in [-0.2, 0) is 0 Å². The van der Waals surface area contributed by atoms with Gasteiger partial charge in [-0.2, -0.15) is 0 Å². The molecule has 0 aromatic rings. The standard InChI is InChI=1S/C11H14O2/c12-6-9-2-7-1-8-3-10(13,4-9)5-11(7,8)9/h2,8,12-13H,1,3-6H2. The molecule has 3 saturated carbocycles. The predicted octanol–water partition coefficient (Wildman–Crippen LogP) is 0.840. The monoisotopic (exact) mass is 178 g/mol. The summed E-state index contributed by atoms with van der Waals surface area (Å²) in [6.45, 7) is 0.245. The van der Waals surface area contributed by atoms with Crippen molar-refractivity contribution < 1.29 is 10.2 Å². The van der Waals surface area contributed by atoms with E-state index in [2.05, 4.69) is 6.08 Å². The first-order chi connectivity index (χ1) is 6.14. The average molecular weight is 178 g/mol. The number of aliphatic hydroxyl groups is 2. The van der Waals surface area contributed by atoms with E-state index in [0.717, 1.165) is 19.3 Å². The SMILES string of the molecule is OCC12C=C3CC4CC(O)(C1)CC342. The van der Waals surface area contributed by atoms with E-state index in [1.54, 1.807) is 5.57 Å². The molecule has 4 unspecified atom stereocenters. The minimum atomic E-state index is -0.428. The zero-order valence-electron chi connectivity index (χ0n) is 7.58. The van der Waals surface area contributed by atoms with Gasteiger partial charge in [-0.25, -0.2) is 0 Å². The van der Waals surface area contributed by atoms with Crippen LogP contribution in [0.2, 0.25) is 0 Å². The maximum Gasteiger partial charge on any atom is 0.0669 e. The topological polar surface area (TPSA) is 40.5 Å². The van der Waals surface area contributed by atoms with Crippen molar-refractivity contribution in [2.75, 3.05) is 6.61 Å². The van der Waals surface area contributed by atoms with E-state index >= 15 is 0 Å². The van der Waals surface area contributed by atoms with Crippen LogP contribution in [0, 0.1) is 16.7 Å². The molecule has 2 bridgehead atoms. The van der Waals surface area contributed by atoms with Gasteiger partial charge in [0.25, 0.3) is 0 Å². The van der Waals surface area contributed by atoms with Crippen LogP contribution >= 0.6 is 0 Å². The maximum atomic E-state index is 10.3. The smallest absolute Gasteiger partial charge is 0.0669 e. The lowest BCUT2D eigenvalue weighted by Crippen LogP contribution is -2.60. The first-order valence-corrected chi connectivity index (χ1v) is 5.20. The molecule has 70 valence electrons. The average Bonchev–Trinajstić information content (AvgIpc) is 2.46. The Kier molecular flexibility index (Phi) is 0.813. The summed E-state index contributed by atoms with van der Waals surface area (Å²) in [4.78, 5) is 0. The number of rotatable bonds is 1. The Morgan fingerprint density at radius 2 is 2.31 bits per heavy atom. The molecule has 4 aliphatic carbocycles. The second kappa shape index (κ2) is 1.51. The van der Waals surface area contributed by atoms with Gasteiger partial charge in [-0.15, -0.1) is 0 Å². The fourth-order valence-corrected chi connectivity index (χ4v) is 4.95. The zero-order chi connectivity index (χ0) is 8.90. The molecular formula is C11H14O2. The van der Waals surface area contributed by atoms with Gasteiger partial charge >= 0.3 is 0 Å². The normalized spacial score (nSPS) is 65.4. The third-order valence-electron chi connectivity index (χ3n) is 5.24. The van der Waals surface area contributed by atoms with Gasteiger partial charge in [0.2, 0.25) is 0 Å². The number of allylic oxidation sites excluding steroid dienone is 1. The Bertz CT molecular complexity index is 348. The van der Waals surface area contributed by atoms with Crippen LogP contribution in [0.1, 0.15) is 25.7 Å². The number of fused-ring (bicyclic) bond motifs is 1. The summed E-state index contributed by atoms with van der Waals surface area (Å²) in [6, 6.07) is 0. The van der Waals surface area contributed by atoms with Crippen LogP contribution in [0.5, 0.6) is 0 Å². The molecule has 4 aliphatic rings. The number of hydrogen-bond donors (Lipinski definition) is 2. The van der Waals surface area contributed by atoms with Crippen LogP contribution in [0.3, 0.4) is 0 Å². The predicted molar refractivity (Wildman–Crippen MR) is 46.9 cm³/mol. The highest BCUT2D eigenvalue weighted by atomic mass is 16.3. The molecule has 13 heavy (non-hydrogen) atoms. The van der Waals surface area contributed by atoms with Crippen molar-refractivity contribution in [1.29, 1.82) is 0 Å². The molecule has 0 amide bonds. The van der Waals surface area contributed by atoms with Crippen molar-refractivity contribution in [2.45, 2.75) is 31.3 Å². The van der Waals surface area contributed by atoms with Gasteiger partial charge in [0.05, 0.1) is 12.2 Å². The van der Waals surface area contributed by atoms with Crippen molar-refractivity contribution in [2.24, 2.45) is 16.7 Å². The van der Waals surface area contributed by atoms with Gasteiger partial charge in [-0.1, -0.05) is 11.6 Å². The van der Waals surface area contributed by atoms with Gasteiger partial charge in [-0.3, -0.25) is 0 Å². The van der Waals surface area contributed by atoms with E-state index < -0.39 is 5.60 Å². The fraction of sp³-hybridized carbons (Fsp3) is 0.818. The molecule has 4 atom stereocenters. The molecule has 0 radical (unpaired) electrons. The highest BCUT2D eigenvalue weighted by molar-refractivity contribution is 5.51. The summed E-state index contributed by atoms with van der Waals surface area (Å²) in [6.07, 6.45) is 6.20. The first kappa shape index (κ1) is 7.02. The molecule has 0 aromatic heterocycles. The van der Waals surface area contributed by atoms with Crippen LogP contribution in [0.4, 0.5) is 0 Å². The molecule has 0 aliphatic heterocycles. The van der Waals surface area contributed by atoms with E-state index in [4.69, 9.17) is 0 Å². The van der Waals surface area contributed by atoms with Gasteiger partial charge in [-0.05, 0) is 31.6 Å². The lowest BCUT2D eigenvalue weighted by atomic mass is 9.38. The highest BCUT2D eigenvalue weighted by Crippen LogP contribution is 2.83. The Morgan fingerprint density at radius 3 is 2.85 bits per heavy atom. The molecule has 3 fully saturated rings. The van der Waals surface area contributed by atoms with E-state index in [9.17, 15) is 10.2 Å². The zero-order valence-corrected chi connectivity index (χ0v) is 7.58. The van der Waals surface area contributed by atoms with Crippen molar-refractivity contribution in [3.05, 3.63) is 11.6 Å². The maximum absolute atomic E-state index is 10.3. The Labute approximate surface area is 77.3 Å². The van der Waals surface area contributed by atoms with Crippen molar-refractivity contribution >= 4 is 0 Å². The van der Waals surface area contributed by atoms with Gasteiger partial charge in [0.1, 0.15) is 0 Å². The summed E-state index contributed by atoms with van der Waals surface area (Å²) < 4.78 is 0. The quantitative estimate of drug-likeness (QED) is 0.584. The molecule has 2 nitrogen and oxygen atoms in total. The second-order valence-electron chi connectivity index (χ2n) is 5.64. The molecule has 0 aromatic carbocycles. The molecule has 2 N–H and O–H groups in total. The van der Waals surface area contributed by atoms with E-state index in [0.29, 0.717) is 5.92 Å². The minimum Gasteiger partial charge on any atom is -0.395 e. The van der Waals surface area contributed by atoms with Crippen molar-refractivity contribution in [3.63, 3.8) is 0 Å². The molecular weight excluding hydrogens is 164 g/mol. The van der Waals surface area contributed by atoms with E-state index in [1.165, 1.54) is 6.42 Å². The summed E-state index contributed by atoms with van der Waals surface area (Å²) in [5.74, 6) is 0.693. The molecule has 1 spiro atoms. The fourth-order valence-electron chi connectivity index (χ4n) is 4.95. The highest BCUT2D eigenvalue weighted by Gasteiger charge is 2.79. The largest absolute Gasteiger partial charge is 0.395 e. The Hall–Kier alpha value is -0.340. The van der Waals surface area contributed by atoms with E-state index in [1.807, 2.05) is 0 Å². The summed E-state index contributed by atoms with van der Waals surface area (Å²) >= 11 is 0. The number of hydrogen-bond acceptors (Lipinski definition) is 2. The van der Waals surface area contributed by atoms with Crippen LogP contribution in [0.25, 0.3) is 0 Å². The summed E-state index contributed by atoms with van der Waals surface area (Å²) in [7, 11) is 0. The minimum absolute atomic E-state index is 0.00174. The lowest BCUT2D eigenvalue weighted by molar-refractivity contribution is -0.0808. The van der Waals surface area contributed by atoms with E-state index in [-0.39, 0.29) is 17.4 Å². The van der Waals surface area contributed by atoms with Crippen LogP contribution < -0.4 is 0 Å². The summed E-state index contributed by atoms with van der Waals surface area (Å²) in [5.41, 5.74) is 1.39. The van der Waals surface area contributed by atoms with Gasteiger partial charge in [0, 0.05) is 10.8 Å². The van der Waals surface area contributed by atoms with Crippen LogP contribution in [0.15, 0.2) is 11.6 Å². The third-order valence-corrected chi connectivity index (χ3v) is 5.24. The number of aliphatic hydroxyl groups excluding tert-OH is 1. The Morgan fingerprint density at radius 1 is 1.46 bits per heavy atom. The molecule has 4 rings (SSSR count). The van der Waals surface area contributed by atoms with Crippen molar-refractivity contribution in [1.82, 2.24) is 0 Å². The van der Waals surface area contributed by atoms with Gasteiger partial charge < -0.3 is 10.2 Å². The lowest BCUT2D eigenvalue weighted by Gasteiger charge is -2.65.